The normalized spacial score (nSPS) is 13.4. The summed E-state index contributed by atoms with van der Waals surface area (Å²) in [5, 5.41) is 11.6. The smallest absolute Gasteiger partial charge is 0.308 e. The lowest BCUT2D eigenvalue weighted by atomic mass is 10.0. The minimum absolute atomic E-state index is 0.243. The topological polar surface area (TPSA) is 84.2 Å². The van der Waals surface area contributed by atoms with Gasteiger partial charge in [0.25, 0.3) is 5.91 Å². The molecule has 1 amide bonds. The maximum atomic E-state index is 12.1. The van der Waals surface area contributed by atoms with E-state index in [9.17, 15) is 9.59 Å². The minimum Gasteiger partial charge on any atom is -0.481 e. The highest BCUT2D eigenvalue weighted by Crippen LogP contribution is 2.14. The van der Waals surface area contributed by atoms with E-state index in [2.05, 4.69) is 26.2 Å². The van der Waals surface area contributed by atoms with Gasteiger partial charge in [-0.25, -0.2) is 4.98 Å². The first-order valence-electron chi connectivity index (χ1n) is 6.72. The van der Waals surface area contributed by atoms with Gasteiger partial charge in [0.1, 0.15) is 12.0 Å². The number of nitrogens with one attached hydrogen (secondary N) is 1. The first-order valence-corrected chi connectivity index (χ1v) is 7.51. The molecule has 0 spiro atoms. The van der Waals surface area contributed by atoms with Gasteiger partial charge in [0.05, 0.1) is 5.92 Å². The van der Waals surface area contributed by atoms with E-state index in [1.54, 1.807) is 30.9 Å². The molecule has 2 aromatic rings. The van der Waals surface area contributed by atoms with Crippen molar-refractivity contribution in [3.8, 4) is 5.69 Å². The number of carbonyl (C=O) groups excluding carboxylic acids is 1. The van der Waals surface area contributed by atoms with Gasteiger partial charge in [0, 0.05) is 22.4 Å². The van der Waals surface area contributed by atoms with Crippen LogP contribution in [0.15, 0.2) is 41.3 Å². The molecule has 0 aliphatic rings. The van der Waals surface area contributed by atoms with E-state index in [-0.39, 0.29) is 5.69 Å². The fourth-order valence-corrected chi connectivity index (χ4v) is 2.08. The highest BCUT2D eigenvalue weighted by Gasteiger charge is 2.22. The molecule has 116 valence electrons. The Balaban J connectivity index is 2.09. The fraction of sp³-hybridized carbons (Fsp3) is 0.267. The van der Waals surface area contributed by atoms with E-state index in [1.807, 2.05) is 24.3 Å². The number of hydrogen-bond acceptors (Lipinski definition) is 3. The molecule has 0 saturated heterocycles. The lowest BCUT2D eigenvalue weighted by Gasteiger charge is -2.16. The van der Waals surface area contributed by atoms with Crippen molar-refractivity contribution in [1.29, 1.82) is 0 Å². The second-order valence-corrected chi connectivity index (χ2v) is 5.95. The molecule has 0 fully saturated rings. The fourth-order valence-electron chi connectivity index (χ4n) is 1.81. The number of carboxylic acid groups (broad SMARTS) is 1. The first-order chi connectivity index (χ1) is 10.4. The number of aromatic nitrogens is 2. The van der Waals surface area contributed by atoms with Gasteiger partial charge >= 0.3 is 5.97 Å². The second kappa shape index (κ2) is 6.74. The summed E-state index contributed by atoms with van der Waals surface area (Å²) in [6.45, 7) is 3.20. The molecule has 0 aliphatic heterocycles. The molecular formula is C15H16BrN3O3. The predicted octanol–water partition coefficient (Wildman–Crippen LogP) is 2.47. The molecule has 0 radical (unpaired) electrons. The molecule has 0 aliphatic carbocycles. The number of carboxylic acids is 1. The van der Waals surface area contributed by atoms with Crippen LogP contribution in [0.1, 0.15) is 24.3 Å². The molecule has 1 aromatic carbocycles. The van der Waals surface area contributed by atoms with Crippen molar-refractivity contribution < 1.29 is 14.7 Å². The number of nitrogens with zero attached hydrogens (tertiary/aromatic N) is 2. The highest BCUT2D eigenvalue weighted by atomic mass is 79.9. The molecule has 0 saturated carbocycles. The van der Waals surface area contributed by atoms with Gasteiger partial charge in [-0.2, -0.15) is 0 Å². The highest BCUT2D eigenvalue weighted by molar-refractivity contribution is 9.10. The average molecular weight is 366 g/mol. The van der Waals surface area contributed by atoms with Gasteiger partial charge < -0.3 is 15.0 Å². The van der Waals surface area contributed by atoms with Crippen molar-refractivity contribution in [2.75, 3.05) is 0 Å². The lowest BCUT2D eigenvalue weighted by Crippen LogP contribution is -2.40. The summed E-state index contributed by atoms with van der Waals surface area (Å²) in [5.74, 6) is -2.01. The molecule has 1 aromatic heterocycles. The van der Waals surface area contributed by atoms with Crippen molar-refractivity contribution in [3.63, 3.8) is 0 Å². The zero-order chi connectivity index (χ0) is 16.3. The van der Waals surface area contributed by atoms with E-state index in [1.165, 1.54) is 0 Å². The van der Waals surface area contributed by atoms with E-state index in [0.29, 0.717) is 0 Å². The van der Waals surface area contributed by atoms with Crippen LogP contribution in [0.4, 0.5) is 0 Å². The van der Waals surface area contributed by atoms with Crippen LogP contribution in [0.3, 0.4) is 0 Å². The zero-order valence-electron chi connectivity index (χ0n) is 12.2. The van der Waals surface area contributed by atoms with Crippen LogP contribution >= 0.6 is 15.9 Å². The molecule has 2 atom stereocenters. The van der Waals surface area contributed by atoms with Crippen molar-refractivity contribution in [2.24, 2.45) is 5.92 Å². The number of rotatable bonds is 5. The molecule has 22 heavy (non-hydrogen) atoms. The molecule has 7 heteroatoms. The van der Waals surface area contributed by atoms with Gasteiger partial charge in [-0.05, 0) is 38.1 Å². The Morgan fingerprint density at radius 3 is 2.50 bits per heavy atom. The third kappa shape index (κ3) is 3.73. The van der Waals surface area contributed by atoms with Crippen molar-refractivity contribution in [2.45, 2.75) is 19.9 Å². The summed E-state index contributed by atoms with van der Waals surface area (Å²) < 4.78 is 2.69. The van der Waals surface area contributed by atoms with Crippen LogP contribution in [-0.4, -0.2) is 32.6 Å². The summed E-state index contributed by atoms with van der Waals surface area (Å²) >= 11 is 3.36. The predicted molar refractivity (Wildman–Crippen MR) is 85.0 cm³/mol. The number of aliphatic carboxylic acids is 1. The summed E-state index contributed by atoms with van der Waals surface area (Å²) in [6.07, 6.45) is 3.15. The van der Waals surface area contributed by atoms with Crippen LogP contribution in [0.25, 0.3) is 5.69 Å². The van der Waals surface area contributed by atoms with Gasteiger partial charge in [-0.1, -0.05) is 15.9 Å². The Kier molecular flexibility index (Phi) is 4.97. The Hall–Kier alpha value is -2.15. The van der Waals surface area contributed by atoms with Crippen molar-refractivity contribution in [3.05, 3.63) is 47.0 Å². The number of hydrogen-bond donors (Lipinski definition) is 2. The Morgan fingerprint density at radius 2 is 1.91 bits per heavy atom. The standard InChI is InChI=1S/C15H16BrN3O3/c1-9(15(21)22)10(2)18-14(20)13-7-19(8-17-13)12-5-3-11(16)4-6-12/h3-10H,1-2H3,(H,18,20)(H,21,22). The van der Waals surface area contributed by atoms with Crippen molar-refractivity contribution >= 4 is 27.8 Å². The molecule has 6 nitrogen and oxygen atoms in total. The van der Waals surface area contributed by atoms with Gasteiger partial charge in [0.2, 0.25) is 0 Å². The van der Waals surface area contributed by atoms with Gasteiger partial charge in [-0.15, -0.1) is 0 Å². The summed E-state index contributed by atoms with van der Waals surface area (Å²) in [6, 6.07) is 7.09. The van der Waals surface area contributed by atoms with Gasteiger partial charge in [0.15, 0.2) is 0 Å². The second-order valence-electron chi connectivity index (χ2n) is 5.03. The van der Waals surface area contributed by atoms with E-state index in [0.717, 1.165) is 10.2 Å². The summed E-state index contributed by atoms with van der Waals surface area (Å²) in [4.78, 5) is 27.1. The SMILES string of the molecule is CC(NC(=O)c1cn(-c2ccc(Br)cc2)cn1)C(C)C(=O)O. The number of amides is 1. The molecular weight excluding hydrogens is 350 g/mol. The third-order valence-corrected chi connectivity index (χ3v) is 3.97. The Bertz CT molecular complexity index is 682. The molecule has 2 rings (SSSR count). The maximum absolute atomic E-state index is 12.1. The third-order valence-electron chi connectivity index (χ3n) is 3.44. The van der Waals surface area contributed by atoms with Crippen LogP contribution in [-0.2, 0) is 4.79 Å². The summed E-state index contributed by atoms with van der Waals surface area (Å²) in [5.41, 5.74) is 1.12. The van der Waals surface area contributed by atoms with Crippen LogP contribution < -0.4 is 5.32 Å². The quantitative estimate of drug-likeness (QED) is 0.852. The van der Waals surface area contributed by atoms with E-state index < -0.39 is 23.8 Å². The van der Waals surface area contributed by atoms with Crippen molar-refractivity contribution in [1.82, 2.24) is 14.9 Å². The van der Waals surface area contributed by atoms with Crippen LogP contribution in [0, 0.1) is 5.92 Å². The van der Waals surface area contributed by atoms with Crippen LogP contribution in [0.2, 0.25) is 0 Å². The minimum atomic E-state index is -0.951. The maximum Gasteiger partial charge on any atom is 0.308 e. The molecule has 0 bridgehead atoms. The van der Waals surface area contributed by atoms with Gasteiger partial charge in [-0.3, -0.25) is 9.59 Å². The van der Waals surface area contributed by atoms with E-state index in [4.69, 9.17) is 5.11 Å². The summed E-state index contributed by atoms with van der Waals surface area (Å²) in [7, 11) is 0. The number of carbonyl (C=O) groups is 2. The lowest BCUT2D eigenvalue weighted by molar-refractivity contribution is -0.141. The molecule has 2 N–H and O–H groups in total. The molecule has 2 unspecified atom stereocenters. The van der Waals surface area contributed by atoms with Crippen LogP contribution in [0.5, 0.6) is 0 Å². The Labute approximate surface area is 136 Å². The Morgan fingerprint density at radius 1 is 1.27 bits per heavy atom. The zero-order valence-corrected chi connectivity index (χ0v) is 13.7. The number of benzene rings is 1. The number of imidazole rings is 1. The number of halogens is 1. The van der Waals surface area contributed by atoms with E-state index >= 15 is 0 Å². The molecule has 1 heterocycles. The average Bonchev–Trinajstić information content (AvgIpc) is 2.96. The largest absolute Gasteiger partial charge is 0.481 e. The monoisotopic (exact) mass is 365 g/mol. The first kappa shape index (κ1) is 16.2.